The molecule has 5 nitrogen and oxygen atoms in total. The molecular formula is C20H30N2O3. The van der Waals surface area contributed by atoms with Gasteiger partial charge in [-0.15, -0.1) is 0 Å². The van der Waals surface area contributed by atoms with Crippen LogP contribution >= 0.6 is 0 Å². The van der Waals surface area contributed by atoms with Crippen LogP contribution in [0.2, 0.25) is 0 Å². The molecule has 0 saturated carbocycles. The minimum absolute atomic E-state index is 0.182. The highest BCUT2D eigenvalue weighted by Gasteiger charge is 2.33. The monoisotopic (exact) mass is 346 g/mol. The second-order valence-corrected chi connectivity index (χ2v) is 8.01. The molecule has 5 heteroatoms. The predicted molar refractivity (Wildman–Crippen MR) is 98.1 cm³/mol. The number of morpholine rings is 1. The number of benzene rings is 1. The quantitative estimate of drug-likeness (QED) is 0.857. The molecular weight excluding hydrogens is 316 g/mol. The van der Waals surface area contributed by atoms with Crippen molar-refractivity contribution < 1.29 is 14.6 Å². The minimum atomic E-state index is -0.857. The zero-order chi connectivity index (χ0) is 17.9. The average molecular weight is 346 g/mol. The molecule has 138 valence electrons. The molecule has 0 aromatic heterocycles. The zero-order valence-electron chi connectivity index (χ0n) is 15.4. The van der Waals surface area contributed by atoms with E-state index in [4.69, 9.17) is 9.84 Å². The third-order valence-electron chi connectivity index (χ3n) is 5.57. The normalized spacial score (nSPS) is 23.0. The van der Waals surface area contributed by atoms with Gasteiger partial charge in [0.05, 0.1) is 18.8 Å². The van der Waals surface area contributed by atoms with E-state index in [1.54, 1.807) is 12.1 Å². The van der Waals surface area contributed by atoms with Crippen molar-refractivity contribution in [3.63, 3.8) is 0 Å². The van der Waals surface area contributed by atoms with E-state index in [0.29, 0.717) is 11.5 Å². The maximum atomic E-state index is 10.9. The second-order valence-electron chi connectivity index (χ2n) is 8.01. The Labute approximate surface area is 150 Å². The Morgan fingerprint density at radius 3 is 2.52 bits per heavy atom. The molecule has 0 amide bonds. The Hall–Kier alpha value is -1.43. The number of rotatable bonds is 6. The number of hydrogen-bond acceptors (Lipinski definition) is 4. The van der Waals surface area contributed by atoms with E-state index in [1.165, 1.54) is 12.0 Å². The van der Waals surface area contributed by atoms with E-state index >= 15 is 0 Å². The summed E-state index contributed by atoms with van der Waals surface area (Å²) in [5.74, 6) is -0.194. The molecule has 2 saturated heterocycles. The summed E-state index contributed by atoms with van der Waals surface area (Å²) in [4.78, 5) is 16.1. The van der Waals surface area contributed by atoms with E-state index in [1.807, 2.05) is 12.1 Å². The van der Waals surface area contributed by atoms with Crippen LogP contribution in [0.25, 0.3) is 0 Å². The van der Waals surface area contributed by atoms with Crippen molar-refractivity contribution in [2.75, 3.05) is 45.9 Å². The van der Waals surface area contributed by atoms with Gasteiger partial charge in [-0.25, -0.2) is 4.79 Å². The molecule has 0 radical (unpaired) electrons. The fourth-order valence-electron chi connectivity index (χ4n) is 4.16. The summed E-state index contributed by atoms with van der Waals surface area (Å²) in [5, 5.41) is 8.99. The van der Waals surface area contributed by atoms with Crippen molar-refractivity contribution in [3.05, 3.63) is 35.4 Å². The third-order valence-corrected chi connectivity index (χ3v) is 5.57. The van der Waals surface area contributed by atoms with Crippen molar-refractivity contribution >= 4 is 5.97 Å². The number of carbonyl (C=O) groups is 1. The Kier molecular flexibility index (Phi) is 5.77. The second kappa shape index (κ2) is 7.85. The molecule has 0 spiro atoms. The molecule has 2 heterocycles. The van der Waals surface area contributed by atoms with Crippen LogP contribution in [0.15, 0.2) is 24.3 Å². The molecule has 1 atom stereocenters. The Morgan fingerprint density at radius 2 is 1.88 bits per heavy atom. The molecule has 2 fully saturated rings. The van der Waals surface area contributed by atoms with Gasteiger partial charge in [0.1, 0.15) is 0 Å². The SMILES string of the molecule is CC(C)(CN1CC[C@@H](Cc2ccc(C(=O)O)cc2)C1)N1CCOCC1. The van der Waals surface area contributed by atoms with Crippen molar-refractivity contribution in [1.82, 2.24) is 9.80 Å². The van der Waals surface area contributed by atoms with Crippen LogP contribution in [0.1, 0.15) is 36.2 Å². The molecule has 0 aliphatic carbocycles. The van der Waals surface area contributed by atoms with Crippen LogP contribution in [0.4, 0.5) is 0 Å². The van der Waals surface area contributed by atoms with Crippen molar-refractivity contribution in [2.45, 2.75) is 32.2 Å². The number of likely N-dealkylation sites (tertiary alicyclic amines) is 1. The first-order valence-corrected chi connectivity index (χ1v) is 9.31. The van der Waals surface area contributed by atoms with E-state index in [-0.39, 0.29) is 5.54 Å². The largest absolute Gasteiger partial charge is 0.478 e. The first kappa shape index (κ1) is 18.4. The highest BCUT2D eigenvalue weighted by atomic mass is 16.5. The standard InChI is InChI=1S/C20H30N2O3/c1-20(2,22-9-11-25-12-10-22)15-21-8-7-17(14-21)13-16-3-5-18(6-4-16)19(23)24/h3-6,17H,7-15H2,1-2H3,(H,23,24)/t17-/m0/s1. The lowest BCUT2D eigenvalue weighted by Gasteiger charge is -2.43. The average Bonchev–Trinajstić information content (AvgIpc) is 3.02. The first-order valence-electron chi connectivity index (χ1n) is 9.31. The lowest BCUT2D eigenvalue weighted by atomic mass is 9.97. The number of hydrogen-bond donors (Lipinski definition) is 1. The van der Waals surface area contributed by atoms with Gasteiger partial charge in [-0.3, -0.25) is 4.90 Å². The summed E-state index contributed by atoms with van der Waals surface area (Å²) in [5.41, 5.74) is 1.79. The van der Waals surface area contributed by atoms with Crippen LogP contribution in [0.3, 0.4) is 0 Å². The summed E-state index contributed by atoms with van der Waals surface area (Å²) in [6.07, 6.45) is 2.26. The maximum Gasteiger partial charge on any atom is 0.335 e. The zero-order valence-corrected chi connectivity index (χ0v) is 15.4. The van der Waals surface area contributed by atoms with Crippen molar-refractivity contribution in [2.24, 2.45) is 5.92 Å². The maximum absolute atomic E-state index is 10.9. The number of carboxylic acids is 1. The van der Waals surface area contributed by atoms with E-state index in [0.717, 1.165) is 52.4 Å². The fraction of sp³-hybridized carbons (Fsp3) is 0.650. The molecule has 0 unspecified atom stereocenters. The summed E-state index contributed by atoms with van der Waals surface area (Å²) in [7, 11) is 0. The number of ether oxygens (including phenoxy) is 1. The molecule has 2 aliphatic rings. The van der Waals surface area contributed by atoms with Crippen molar-refractivity contribution in [1.29, 1.82) is 0 Å². The van der Waals surface area contributed by atoms with E-state index in [9.17, 15) is 4.79 Å². The van der Waals surface area contributed by atoms with Crippen LogP contribution in [-0.4, -0.2) is 72.4 Å². The molecule has 2 aliphatic heterocycles. The number of aromatic carboxylic acids is 1. The molecule has 1 aromatic carbocycles. The van der Waals surface area contributed by atoms with Gasteiger partial charge >= 0.3 is 5.97 Å². The van der Waals surface area contributed by atoms with E-state index in [2.05, 4.69) is 23.6 Å². The van der Waals surface area contributed by atoms with Gasteiger partial charge in [-0.2, -0.15) is 0 Å². The van der Waals surface area contributed by atoms with Crippen molar-refractivity contribution in [3.8, 4) is 0 Å². The molecule has 1 N–H and O–H groups in total. The number of carboxylic acid groups (broad SMARTS) is 1. The summed E-state index contributed by atoms with van der Waals surface area (Å²) >= 11 is 0. The first-order chi connectivity index (χ1) is 11.9. The van der Waals surface area contributed by atoms with Crippen LogP contribution < -0.4 is 0 Å². The Bertz CT molecular complexity index is 579. The highest BCUT2D eigenvalue weighted by molar-refractivity contribution is 5.87. The van der Waals surface area contributed by atoms with Gasteiger partial charge in [0.2, 0.25) is 0 Å². The smallest absolute Gasteiger partial charge is 0.335 e. The van der Waals surface area contributed by atoms with Crippen LogP contribution in [-0.2, 0) is 11.2 Å². The lowest BCUT2D eigenvalue weighted by molar-refractivity contribution is -0.0198. The summed E-state index contributed by atoms with van der Waals surface area (Å²) in [6, 6.07) is 7.35. The van der Waals surface area contributed by atoms with Gasteiger partial charge < -0.3 is 14.7 Å². The van der Waals surface area contributed by atoms with Gasteiger partial charge in [-0.1, -0.05) is 12.1 Å². The van der Waals surface area contributed by atoms with Gasteiger partial charge in [-0.05, 0) is 56.8 Å². The van der Waals surface area contributed by atoms with Crippen LogP contribution in [0.5, 0.6) is 0 Å². The third kappa shape index (κ3) is 4.81. The Balaban J connectivity index is 1.50. The van der Waals surface area contributed by atoms with Gasteiger partial charge in [0, 0.05) is 31.7 Å². The molecule has 0 bridgehead atoms. The predicted octanol–water partition coefficient (Wildman–Crippen LogP) is 2.36. The lowest BCUT2D eigenvalue weighted by Crippen LogP contribution is -2.55. The molecule has 3 rings (SSSR count). The summed E-state index contributed by atoms with van der Waals surface area (Å²) < 4.78 is 5.48. The minimum Gasteiger partial charge on any atom is -0.478 e. The van der Waals surface area contributed by atoms with Crippen LogP contribution in [0, 0.1) is 5.92 Å². The number of nitrogens with zero attached hydrogens (tertiary/aromatic N) is 2. The Morgan fingerprint density at radius 1 is 1.20 bits per heavy atom. The summed E-state index contributed by atoms with van der Waals surface area (Å²) in [6.45, 7) is 11.8. The highest BCUT2D eigenvalue weighted by Crippen LogP contribution is 2.25. The van der Waals surface area contributed by atoms with Gasteiger partial charge in [0.25, 0.3) is 0 Å². The fourth-order valence-corrected chi connectivity index (χ4v) is 4.16. The molecule has 1 aromatic rings. The molecule has 25 heavy (non-hydrogen) atoms. The van der Waals surface area contributed by atoms with E-state index < -0.39 is 5.97 Å². The van der Waals surface area contributed by atoms with Gasteiger partial charge in [0.15, 0.2) is 0 Å². The topological polar surface area (TPSA) is 53.0 Å².